The molecule has 0 saturated heterocycles. The van der Waals surface area contributed by atoms with Crippen molar-refractivity contribution in [2.45, 2.75) is 32.1 Å². The van der Waals surface area contributed by atoms with Crippen LogP contribution in [0.1, 0.15) is 31.2 Å². The average Bonchev–Trinajstić information content (AvgIpc) is 2.16. The van der Waals surface area contributed by atoms with E-state index in [1.54, 1.807) is 0 Å². The zero-order valence-electron chi connectivity index (χ0n) is 8.91. The van der Waals surface area contributed by atoms with Crippen LogP contribution in [-0.4, -0.2) is 5.78 Å². The maximum absolute atomic E-state index is 11.7. The first kappa shape index (κ1) is 10.2. The monoisotopic (exact) mass is 203 g/mol. The molecule has 0 aliphatic heterocycles. The normalized spacial score (nSPS) is 16.0. The van der Waals surface area contributed by atoms with Crippen molar-refractivity contribution in [1.29, 1.82) is 0 Å². The fraction of sp³-hybridized carbons (Fsp3) is 0.462. The number of carbonyl (C=O) groups excluding carboxylic acids is 1. The van der Waals surface area contributed by atoms with Crippen molar-refractivity contribution in [3.8, 4) is 0 Å². The van der Waals surface area contributed by atoms with Gasteiger partial charge in [0.1, 0.15) is 5.78 Å². The maximum Gasteiger partial charge on any atom is 0.137 e. The number of nitrogen functional groups attached to an aromatic ring is 1. The van der Waals surface area contributed by atoms with Gasteiger partial charge in [0.25, 0.3) is 0 Å². The summed E-state index contributed by atoms with van der Waals surface area (Å²) < 4.78 is 0. The predicted molar refractivity (Wildman–Crippen MR) is 61.5 cm³/mol. The van der Waals surface area contributed by atoms with Gasteiger partial charge in [-0.25, -0.2) is 0 Å². The molecule has 2 heteroatoms. The number of carbonyl (C=O) groups is 1. The Morgan fingerprint density at radius 3 is 2.47 bits per heavy atom. The van der Waals surface area contributed by atoms with Crippen LogP contribution in [0.4, 0.5) is 5.69 Å². The van der Waals surface area contributed by atoms with E-state index in [2.05, 4.69) is 0 Å². The SMILES string of the molecule is Nc1ccc(CC(=O)CC2CCC2)cc1. The van der Waals surface area contributed by atoms with Crippen molar-refractivity contribution in [1.82, 2.24) is 0 Å². The van der Waals surface area contributed by atoms with Gasteiger partial charge >= 0.3 is 0 Å². The quantitative estimate of drug-likeness (QED) is 0.764. The molecule has 15 heavy (non-hydrogen) atoms. The largest absolute Gasteiger partial charge is 0.399 e. The molecule has 1 aromatic rings. The van der Waals surface area contributed by atoms with Gasteiger partial charge in [-0.3, -0.25) is 4.79 Å². The Balaban J connectivity index is 1.84. The minimum atomic E-state index is 0.365. The van der Waals surface area contributed by atoms with E-state index in [1.807, 2.05) is 24.3 Å². The van der Waals surface area contributed by atoms with Crippen LogP contribution in [0.15, 0.2) is 24.3 Å². The lowest BCUT2D eigenvalue weighted by atomic mass is 9.81. The highest BCUT2D eigenvalue weighted by molar-refractivity contribution is 5.81. The summed E-state index contributed by atoms with van der Waals surface area (Å²) in [6, 6.07) is 7.58. The Kier molecular flexibility index (Phi) is 3.05. The summed E-state index contributed by atoms with van der Waals surface area (Å²) in [6.45, 7) is 0. The van der Waals surface area contributed by atoms with Crippen LogP contribution in [0.25, 0.3) is 0 Å². The second-order valence-electron chi connectivity index (χ2n) is 4.46. The molecular weight excluding hydrogens is 186 g/mol. The number of hydrogen-bond donors (Lipinski definition) is 1. The van der Waals surface area contributed by atoms with Crippen molar-refractivity contribution in [3.05, 3.63) is 29.8 Å². The minimum Gasteiger partial charge on any atom is -0.399 e. The van der Waals surface area contributed by atoms with Crippen LogP contribution >= 0.6 is 0 Å². The Hall–Kier alpha value is -1.31. The highest BCUT2D eigenvalue weighted by atomic mass is 16.1. The molecule has 2 rings (SSSR count). The third kappa shape index (κ3) is 2.82. The number of benzene rings is 1. The van der Waals surface area contributed by atoms with Crippen molar-refractivity contribution >= 4 is 11.5 Å². The molecule has 2 N–H and O–H groups in total. The van der Waals surface area contributed by atoms with Gasteiger partial charge in [-0.2, -0.15) is 0 Å². The highest BCUT2D eigenvalue weighted by Gasteiger charge is 2.20. The van der Waals surface area contributed by atoms with E-state index < -0.39 is 0 Å². The van der Waals surface area contributed by atoms with E-state index >= 15 is 0 Å². The maximum atomic E-state index is 11.7. The first-order valence-corrected chi connectivity index (χ1v) is 5.60. The van der Waals surface area contributed by atoms with Gasteiger partial charge in [0.2, 0.25) is 0 Å². The molecule has 0 unspecified atom stereocenters. The Labute approximate surface area is 90.5 Å². The van der Waals surface area contributed by atoms with Crippen molar-refractivity contribution < 1.29 is 4.79 Å². The molecule has 0 atom stereocenters. The first-order chi connectivity index (χ1) is 7.24. The van der Waals surface area contributed by atoms with Gasteiger partial charge in [-0.15, -0.1) is 0 Å². The van der Waals surface area contributed by atoms with E-state index in [-0.39, 0.29) is 0 Å². The minimum absolute atomic E-state index is 0.365. The van der Waals surface area contributed by atoms with E-state index in [1.165, 1.54) is 19.3 Å². The third-order valence-corrected chi connectivity index (χ3v) is 3.12. The van der Waals surface area contributed by atoms with Gasteiger partial charge in [0.15, 0.2) is 0 Å². The van der Waals surface area contributed by atoms with Gasteiger partial charge in [0.05, 0.1) is 0 Å². The lowest BCUT2D eigenvalue weighted by Crippen LogP contribution is -2.17. The number of Topliss-reactive ketones (excluding diaryl/α,β-unsaturated/α-hetero) is 1. The van der Waals surface area contributed by atoms with Crippen molar-refractivity contribution in [3.63, 3.8) is 0 Å². The second-order valence-corrected chi connectivity index (χ2v) is 4.46. The molecular formula is C13H17NO. The lowest BCUT2D eigenvalue weighted by molar-refractivity contribution is -0.119. The van der Waals surface area contributed by atoms with E-state index in [0.29, 0.717) is 18.1 Å². The van der Waals surface area contributed by atoms with Crippen LogP contribution in [0.3, 0.4) is 0 Å². The zero-order chi connectivity index (χ0) is 10.7. The summed E-state index contributed by atoms with van der Waals surface area (Å²) in [4.78, 5) is 11.7. The molecule has 1 aliphatic rings. The summed E-state index contributed by atoms with van der Waals surface area (Å²) in [5, 5.41) is 0. The molecule has 2 nitrogen and oxygen atoms in total. The fourth-order valence-electron chi connectivity index (χ4n) is 1.95. The summed E-state index contributed by atoms with van der Waals surface area (Å²) in [5.74, 6) is 1.04. The lowest BCUT2D eigenvalue weighted by Gasteiger charge is -2.24. The van der Waals surface area contributed by atoms with Gasteiger partial charge in [0, 0.05) is 18.5 Å². The number of ketones is 1. The summed E-state index contributed by atoms with van der Waals surface area (Å²) in [6.07, 6.45) is 5.13. The topological polar surface area (TPSA) is 43.1 Å². The number of nitrogens with two attached hydrogens (primary N) is 1. The van der Waals surface area contributed by atoms with E-state index in [4.69, 9.17) is 5.73 Å². The first-order valence-electron chi connectivity index (χ1n) is 5.60. The van der Waals surface area contributed by atoms with E-state index in [9.17, 15) is 4.79 Å². The Morgan fingerprint density at radius 2 is 1.93 bits per heavy atom. The molecule has 1 fully saturated rings. The number of anilines is 1. The van der Waals surface area contributed by atoms with Gasteiger partial charge < -0.3 is 5.73 Å². The highest BCUT2D eigenvalue weighted by Crippen LogP contribution is 2.29. The number of hydrogen-bond acceptors (Lipinski definition) is 2. The zero-order valence-corrected chi connectivity index (χ0v) is 8.91. The Bertz CT molecular complexity index is 338. The van der Waals surface area contributed by atoms with E-state index in [0.717, 1.165) is 17.7 Å². The molecule has 0 bridgehead atoms. The molecule has 0 heterocycles. The summed E-state index contributed by atoms with van der Waals surface area (Å²) in [7, 11) is 0. The molecule has 0 amide bonds. The third-order valence-electron chi connectivity index (χ3n) is 3.12. The van der Waals surface area contributed by atoms with Crippen LogP contribution < -0.4 is 5.73 Å². The summed E-state index contributed by atoms with van der Waals surface area (Å²) >= 11 is 0. The van der Waals surface area contributed by atoms with Gasteiger partial charge in [-0.1, -0.05) is 31.4 Å². The molecule has 1 aromatic carbocycles. The number of rotatable bonds is 4. The molecule has 0 aromatic heterocycles. The van der Waals surface area contributed by atoms with Crippen LogP contribution in [0, 0.1) is 5.92 Å². The second kappa shape index (κ2) is 4.47. The molecule has 0 spiro atoms. The van der Waals surface area contributed by atoms with Crippen LogP contribution in [-0.2, 0) is 11.2 Å². The Morgan fingerprint density at radius 1 is 1.27 bits per heavy atom. The van der Waals surface area contributed by atoms with Crippen molar-refractivity contribution in [2.75, 3.05) is 5.73 Å². The molecule has 1 aliphatic carbocycles. The van der Waals surface area contributed by atoms with Crippen molar-refractivity contribution in [2.24, 2.45) is 5.92 Å². The fourth-order valence-corrected chi connectivity index (χ4v) is 1.95. The predicted octanol–water partition coefficient (Wildman–Crippen LogP) is 2.57. The standard InChI is InChI=1S/C13H17NO/c14-12-6-4-11(5-7-12)9-13(15)8-10-2-1-3-10/h4-7,10H,1-3,8-9,14H2. The molecule has 0 radical (unpaired) electrons. The van der Waals surface area contributed by atoms with Crippen LogP contribution in [0.2, 0.25) is 0 Å². The summed E-state index contributed by atoms with van der Waals surface area (Å²) in [5.41, 5.74) is 7.42. The molecule has 1 saturated carbocycles. The van der Waals surface area contributed by atoms with Crippen LogP contribution in [0.5, 0.6) is 0 Å². The average molecular weight is 203 g/mol. The van der Waals surface area contributed by atoms with Gasteiger partial charge in [-0.05, 0) is 23.6 Å². The molecule has 80 valence electrons. The smallest absolute Gasteiger partial charge is 0.137 e.